The fraction of sp³-hybridized carbons (Fsp3) is 0.391. The average molecular weight is 431 g/mol. The van der Waals surface area contributed by atoms with Crippen LogP contribution in [-0.2, 0) is 4.79 Å². The minimum atomic E-state index is -0.509. The topological polar surface area (TPSA) is 95.1 Å². The number of nitrogens with one attached hydrogen (secondary N) is 2. The largest absolute Gasteiger partial charge is 0.493 e. The minimum absolute atomic E-state index is 0.277. The number of unbranched alkanes of at least 4 members (excludes halogenated alkanes) is 1. The predicted molar refractivity (Wildman–Crippen MR) is 117 cm³/mol. The first-order valence-corrected chi connectivity index (χ1v) is 10.3. The summed E-state index contributed by atoms with van der Waals surface area (Å²) in [6.07, 6.45) is 2.80. The number of para-hydroxylation sites is 2. The van der Waals surface area contributed by atoms with Crippen LogP contribution in [0.5, 0.6) is 23.0 Å². The van der Waals surface area contributed by atoms with E-state index in [4.69, 9.17) is 18.9 Å². The van der Waals surface area contributed by atoms with Gasteiger partial charge >= 0.3 is 0 Å². The maximum Gasteiger partial charge on any atom is 0.276 e. The first kappa shape index (κ1) is 23.9. The molecule has 168 valence electrons. The molecule has 2 rings (SSSR count). The Labute approximate surface area is 182 Å². The van der Waals surface area contributed by atoms with Gasteiger partial charge < -0.3 is 18.9 Å². The summed E-state index contributed by atoms with van der Waals surface area (Å²) in [5, 5.41) is 0. The maximum absolute atomic E-state index is 12.4. The van der Waals surface area contributed by atoms with Crippen LogP contribution in [0.2, 0.25) is 0 Å². The summed E-state index contributed by atoms with van der Waals surface area (Å²) in [5.41, 5.74) is 5.01. The highest BCUT2D eigenvalue weighted by molar-refractivity contribution is 5.96. The summed E-state index contributed by atoms with van der Waals surface area (Å²) < 4.78 is 22.0. The Hall–Kier alpha value is -3.42. The van der Waals surface area contributed by atoms with Crippen molar-refractivity contribution in [3.05, 3.63) is 48.0 Å². The van der Waals surface area contributed by atoms with Gasteiger partial charge in [0.15, 0.2) is 29.6 Å². The normalized spacial score (nSPS) is 10.2. The lowest BCUT2D eigenvalue weighted by atomic mass is 10.2. The van der Waals surface area contributed by atoms with Crippen molar-refractivity contribution in [1.29, 1.82) is 0 Å². The van der Waals surface area contributed by atoms with E-state index in [1.807, 2.05) is 13.0 Å². The van der Waals surface area contributed by atoms with E-state index < -0.39 is 11.8 Å². The first-order chi connectivity index (χ1) is 15.1. The summed E-state index contributed by atoms with van der Waals surface area (Å²) in [6, 6.07) is 11.9. The molecule has 31 heavy (non-hydrogen) atoms. The third kappa shape index (κ3) is 7.73. The Kier molecular flexibility index (Phi) is 10.0. The smallest absolute Gasteiger partial charge is 0.276 e. The average Bonchev–Trinajstić information content (AvgIpc) is 2.80. The zero-order valence-corrected chi connectivity index (χ0v) is 18.2. The van der Waals surface area contributed by atoms with Gasteiger partial charge in [0.1, 0.15) is 0 Å². The molecule has 0 saturated carbocycles. The summed E-state index contributed by atoms with van der Waals surface area (Å²) in [5.74, 6) is 1.04. The van der Waals surface area contributed by atoms with Crippen molar-refractivity contribution < 1.29 is 28.5 Å². The van der Waals surface area contributed by atoms with Gasteiger partial charge in [-0.05, 0) is 43.2 Å². The van der Waals surface area contributed by atoms with Crippen molar-refractivity contribution in [2.45, 2.75) is 33.1 Å². The number of hydrogen-bond donors (Lipinski definition) is 2. The molecule has 2 N–H and O–H groups in total. The van der Waals surface area contributed by atoms with Crippen molar-refractivity contribution in [1.82, 2.24) is 10.9 Å². The van der Waals surface area contributed by atoms with Crippen LogP contribution in [0, 0.1) is 0 Å². The van der Waals surface area contributed by atoms with Crippen LogP contribution in [0.25, 0.3) is 0 Å². The number of benzene rings is 2. The predicted octanol–water partition coefficient (Wildman–Crippen LogP) is 3.50. The quantitative estimate of drug-likeness (QED) is 0.395. The van der Waals surface area contributed by atoms with E-state index in [1.165, 1.54) is 7.11 Å². The molecule has 0 unspecified atom stereocenters. The van der Waals surface area contributed by atoms with Crippen LogP contribution in [0.3, 0.4) is 0 Å². The van der Waals surface area contributed by atoms with E-state index in [0.717, 1.165) is 19.3 Å². The second kappa shape index (κ2) is 13.0. The molecule has 0 bridgehead atoms. The van der Waals surface area contributed by atoms with E-state index >= 15 is 0 Å². The zero-order valence-electron chi connectivity index (χ0n) is 18.2. The highest BCUT2D eigenvalue weighted by Gasteiger charge is 2.13. The number of amides is 2. The van der Waals surface area contributed by atoms with Crippen LogP contribution in [0.15, 0.2) is 42.5 Å². The molecule has 0 fully saturated rings. The van der Waals surface area contributed by atoms with Crippen LogP contribution in [0.4, 0.5) is 0 Å². The lowest BCUT2D eigenvalue weighted by molar-refractivity contribution is -0.123. The lowest BCUT2D eigenvalue weighted by Gasteiger charge is -2.13. The number of hydrazine groups is 1. The first-order valence-electron chi connectivity index (χ1n) is 10.3. The van der Waals surface area contributed by atoms with Gasteiger partial charge in [0.05, 0.1) is 20.3 Å². The van der Waals surface area contributed by atoms with Gasteiger partial charge in [-0.3, -0.25) is 20.4 Å². The molecule has 2 aromatic rings. The molecule has 8 heteroatoms. The lowest BCUT2D eigenvalue weighted by Crippen LogP contribution is -2.43. The standard InChI is InChI=1S/C23H30N2O6/c1-4-6-14-30-20-12-11-17(15-21(20)28-3)23(27)25-24-22(26)16-31-19-10-8-7-9-18(19)29-13-5-2/h7-12,15H,4-6,13-14,16H2,1-3H3,(H,24,26)(H,25,27). The maximum atomic E-state index is 12.4. The second-order valence-electron chi connectivity index (χ2n) is 6.65. The summed E-state index contributed by atoms with van der Waals surface area (Å²) in [7, 11) is 1.50. The van der Waals surface area contributed by atoms with Gasteiger partial charge in [0.2, 0.25) is 0 Å². The van der Waals surface area contributed by atoms with Crippen LogP contribution >= 0.6 is 0 Å². The fourth-order valence-corrected chi connectivity index (χ4v) is 2.53. The van der Waals surface area contributed by atoms with Crippen molar-refractivity contribution in [3.8, 4) is 23.0 Å². The summed E-state index contributed by atoms with van der Waals surface area (Å²) in [4.78, 5) is 24.4. The monoisotopic (exact) mass is 430 g/mol. The number of rotatable bonds is 12. The Bertz CT molecular complexity index is 856. The van der Waals surface area contributed by atoms with E-state index in [2.05, 4.69) is 17.8 Å². The molecule has 0 aliphatic rings. The molecule has 0 saturated heterocycles. The Balaban J connectivity index is 1.86. The van der Waals surface area contributed by atoms with Crippen molar-refractivity contribution in [2.24, 2.45) is 0 Å². The number of methoxy groups -OCH3 is 1. The highest BCUT2D eigenvalue weighted by Crippen LogP contribution is 2.28. The minimum Gasteiger partial charge on any atom is -0.493 e. The van der Waals surface area contributed by atoms with Gasteiger partial charge in [-0.25, -0.2) is 0 Å². The van der Waals surface area contributed by atoms with Gasteiger partial charge in [0, 0.05) is 5.56 Å². The molecule has 0 heterocycles. The summed E-state index contributed by atoms with van der Waals surface area (Å²) >= 11 is 0. The van der Waals surface area contributed by atoms with Gasteiger partial charge in [-0.1, -0.05) is 32.4 Å². The Morgan fingerprint density at radius 3 is 2.16 bits per heavy atom. The van der Waals surface area contributed by atoms with Crippen LogP contribution in [-0.4, -0.2) is 38.7 Å². The Morgan fingerprint density at radius 2 is 1.48 bits per heavy atom. The number of ether oxygens (including phenoxy) is 4. The number of carbonyl (C=O) groups excluding carboxylic acids is 2. The second-order valence-corrected chi connectivity index (χ2v) is 6.65. The van der Waals surface area contributed by atoms with Crippen molar-refractivity contribution >= 4 is 11.8 Å². The van der Waals surface area contributed by atoms with Crippen molar-refractivity contribution in [2.75, 3.05) is 26.9 Å². The third-order valence-corrected chi connectivity index (χ3v) is 4.17. The molecule has 0 aliphatic heterocycles. The molecular formula is C23H30N2O6. The molecule has 0 aromatic heterocycles. The molecule has 0 spiro atoms. The zero-order chi connectivity index (χ0) is 22.5. The summed E-state index contributed by atoms with van der Waals surface area (Å²) in [6.45, 7) is 4.92. The molecule has 2 aromatic carbocycles. The Morgan fingerprint density at radius 1 is 0.806 bits per heavy atom. The van der Waals surface area contributed by atoms with E-state index in [0.29, 0.717) is 41.8 Å². The fourth-order valence-electron chi connectivity index (χ4n) is 2.53. The molecule has 2 amide bonds. The number of carbonyl (C=O) groups is 2. The molecule has 0 atom stereocenters. The van der Waals surface area contributed by atoms with E-state index in [9.17, 15) is 9.59 Å². The SMILES string of the molecule is CCCCOc1ccc(C(=O)NNC(=O)COc2ccccc2OCCC)cc1OC. The van der Waals surface area contributed by atoms with Gasteiger partial charge in [-0.2, -0.15) is 0 Å². The number of hydrogen-bond acceptors (Lipinski definition) is 6. The van der Waals surface area contributed by atoms with Gasteiger partial charge in [0.25, 0.3) is 11.8 Å². The molecule has 8 nitrogen and oxygen atoms in total. The van der Waals surface area contributed by atoms with Crippen LogP contribution < -0.4 is 29.8 Å². The van der Waals surface area contributed by atoms with E-state index in [1.54, 1.807) is 36.4 Å². The molecular weight excluding hydrogens is 400 g/mol. The van der Waals surface area contributed by atoms with Crippen molar-refractivity contribution in [3.63, 3.8) is 0 Å². The molecule has 0 aliphatic carbocycles. The van der Waals surface area contributed by atoms with E-state index in [-0.39, 0.29) is 6.61 Å². The highest BCUT2D eigenvalue weighted by atomic mass is 16.5. The van der Waals surface area contributed by atoms with Crippen LogP contribution in [0.1, 0.15) is 43.5 Å². The van der Waals surface area contributed by atoms with Gasteiger partial charge in [-0.15, -0.1) is 0 Å². The third-order valence-electron chi connectivity index (χ3n) is 4.17. The molecule has 0 radical (unpaired) electrons.